The third kappa shape index (κ3) is 2.66. The quantitative estimate of drug-likeness (QED) is 0.832. The number of hydrogen-bond acceptors (Lipinski definition) is 4. The number of piperidine rings is 1. The molecule has 3 fully saturated rings. The summed E-state index contributed by atoms with van der Waals surface area (Å²) in [4.78, 5) is 21.4. The summed E-state index contributed by atoms with van der Waals surface area (Å²) in [6.07, 6.45) is 6.15. The number of carbonyl (C=O) groups excluding carboxylic acids is 1. The second-order valence-electron chi connectivity index (χ2n) is 7.21. The minimum atomic E-state index is -0.361. The standard InChI is InChI=1S/C18H24FN3O2/c19-15-3-1-8-20-16(15)21-9-2-6-18(13-21)7-10-22(17(18)23)14-4-11-24-12-5-14/h1,3,8,14H,2,4-7,9-13H2/t18-/m1/s1. The average Bonchev–Trinajstić information content (AvgIpc) is 2.92. The Morgan fingerprint density at radius 1 is 1.25 bits per heavy atom. The normalized spacial score (nSPS) is 28.8. The number of aromatic nitrogens is 1. The molecule has 3 aliphatic rings. The topological polar surface area (TPSA) is 45.7 Å². The van der Waals surface area contributed by atoms with E-state index in [9.17, 15) is 9.18 Å². The van der Waals surface area contributed by atoms with Crippen LogP contribution in [0.4, 0.5) is 10.2 Å². The number of hydrogen-bond donors (Lipinski definition) is 0. The van der Waals surface area contributed by atoms with Crippen LogP contribution in [0.1, 0.15) is 32.1 Å². The highest BCUT2D eigenvalue weighted by molar-refractivity contribution is 5.86. The van der Waals surface area contributed by atoms with Crippen LogP contribution in [0.25, 0.3) is 0 Å². The molecule has 130 valence electrons. The molecule has 4 heterocycles. The predicted octanol–water partition coefficient (Wildman–Crippen LogP) is 2.22. The Morgan fingerprint density at radius 2 is 2.08 bits per heavy atom. The molecule has 0 aromatic carbocycles. The molecule has 1 aromatic rings. The van der Waals surface area contributed by atoms with E-state index < -0.39 is 0 Å². The molecule has 1 atom stereocenters. The van der Waals surface area contributed by atoms with Crippen LogP contribution in [-0.4, -0.2) is 54.7 Å². The Hall–Kier alpha value is -1.69. The molecule has 0 unspecified atom stereocenters. The molecule has 0 saturated carbocycles. The first-order valence-electron chi connectivity index (χ1n) is 8.94. The van der Waals surface area contributed by atoms with Gasteiger partial charge in [-0.2, -0.15) is 0 Å². The second kappa shape index (κ2) is 6.31. The van der Waals surface area contributed by atoms with Crippen molar-refractivity contribution in [3.8, 4) is 0 Å². The number of likely N-dealkylation sites (tertiary alicyclic amines) is 1. The summed E-state index contributed by atoms with van der Waals surface area (Å²) in [6.45, 7) is 3.65. The van der Waals surface area contributed by atoms with Gasteiger partial charge in [-0.15, -0.1) is 0 Å². The van der Waals surface area contributed by atoms with Gasteiger partial charge in [-0.05, 0) is 44.2 Å². The summed E-state index contributed by atoms with van der Waals surface area (Å²) in [5, 5.41) is 0. The van der Waals surface area contributed by atoms with Crippen molar-refractivity contribution in [2.45, 2.75) is 38.1 Å². The SMILES string of the molecule is O=C1N(C2CCOCC2)CC[C@@]12CCCN(c1ncccc1F)C2. The van der Waals surface area contributed by atoms with Crippen molar-refractivity contribution in [3.05, 3.63) is 24.1 Å². The van der Waals surface area contributed by atoms with Gasteiger partial charge in [0.05, 0.1) is 5.41 Å². The lowest BCUT2D eigenvalue weighted by molar-refractivity contribution is -0.139. The Kier molecular flexibility index (Phi) is 4.16. The maximum Gasteiger partial charge on any atom is 0.230 e. The fraction of sp³-hybridized carbons (Fsp3) is 0.667. The van der Waals surface area contributed by atoms with Crippen molar-refractivity contribution in [2.75, 3.05) is 37.7 Å². The molecule has 0 bridgehead atoms. The number of anilines is 1. The molecular weight excluding hydrogens is 309 g/mol. The van der Waals surface area contributed by atoms with Crippen LogP contribution in [0.15, 0.2) is 18.3 Å². The number of rotatable bonds is 2. The van der Waals surface area contributed by atoms with Gasteiger partial charge in [-0.3, -0.25) is 4.79 Å². The molecule has 0 N–H and O–H groups in total. The van der Waals surface area contributed by atoms with E-state index in [1.165, 1.54) is 6.07 Å². The van der Waals surface area contributed by atoms with Crippen molar-refractivity contribution in [2.24, 2.45) is 5.41 Å². The lowest BCUT2D eigenvalue weighted by Crippen LogP contribution is -2.50. The van der Waals surface area contributed by atoms with Gasteiger partial charge in [0.2, 0.25) is 5.91 Å². The van der Waals surface area contributed by atoms with Gasteiger partial charge in [-0.25, -0.2) is 9.37 Å². The Morgan fingerprint density at radius 3 is 2.88 bits per heavy atom. The third-order valence-electron chi connectivity index (χ3n) is 5.79. The van der Waals surface area contributed by atoms with Gasteiger partial charge >= 0.3 is 0 Å². The van der Waals surface area contributed by atoms with Crippen LogP contribution >= 0.6 is 0 Å². The minimum Gasteiger partial charge on any atom is -0.381 e. The largest absolute Gasteiger partial charge is 0.381 e. The van der Waals surface area contributed by atoms with Crippen LogP contribution in [0.2, 0.25) is 0 Å². The Labute approximate surface area is 141 Å². The van der Waals surface area contributed by atoms with Crippen molar-refractivity contribution >= 4 is 11.7 Å². The molecule has 0 radical (unpaired) electrons. The monoisotopic (exact) mass is 333 g/mol. The van der Waals surface area contributed by atoms with Gasteiger partial charge in [0.1, 0.15) is 0 Å². The number of carbonyl (C=O) groups is 1. The summed E-state index contributed by atoms with van der Waals surface area (Å²) in [6, 6.07) is 3.35. The highest BCUT2D eigenvalue weighted by Gasteiger charge is 2.50. The van der Waals surface area contributed by atoms with Crippen molar-refractivity contribution in [1.82, 2.24) is 9.88 Å². The first-order valence-corrected chi connectivity index (χ1v) is 8.94. The van der Waals surface area contributed by atoms with E-state index in [1.807, 2.05) is 4.90 Å². The molecular formula is C18H24FN3O2. The van der Waals surface area contributed by atoms with E-state index in [1.54, 1.807) is 12.3 Å². The zero-order valence-electron chi connectivity index (χ0n) is 13.9. The van der Waals surface area contributed by atoms with E-state index in [-0.39, 0.29) is 17.1 Å². The first kappa shape index (κ1) is 15.8. The van der Waals surface area contributed by atoms with Crippen molar-refractivity contribution in [3.63, 3.8) is 0 Å². The number of ether oxygens (including phenoxy) is 1. The highest BCUT2D eigenvalue weighted by Crippen LogP contribution is 2.42. The molecule has 1 amide bonds. The lowest BCUT2D eigenvalue weighted by Gasteiger charge is -2.40. The van der Waals surface area contributed by atoms with Crippen molar-refractivity contribution < 1.29 is 13.9 Å². The Bertz CT molecular complexity index is 620. The fourth-order valence-electron chi connectivity index (χ4n) is 4.49. The average molecular weight is 333 g/mol. The third-order valence-corrected chi connectivity index (χ3v) is 5.79. The summed E-state index contributed by atoms with van der Waals surface area (Å²) >= 11 is 0. The summed E-state index contributed by atoms with van der Waals surface area (Å²) in [5.41, 5.74) is -0.361. The molecule has 3 aliphatic heterocycles. The summed E-state index contributed by atoms with van der Waals surface area (Å²) in [5.74, 6) is 0.339. The molecule has 6 heteroatoms. The molecule has 1 spiro atoms. The Balaban J connectivity index is 1.53. The van der Waals surface area contributed by atoms with Crippen LogP contribution < -0.4 is 4.90 Å². The van der Waals surface area contributed by atoms with Gasteiger partial charge < -0.3 is 14.5 Å². The van der Waals surface area contributed by atoms with Crippen molar-refractivity contribution in [1.29, 1.82) is 0 Å². The molecule has 24 heavy (non-hydrogen) atoms. The van der Waals surface area contributed by atoms with E-state index in [4.69, 9.17) is 4.74 Å². The molecule has 3 saturated heterocycles. The zero-order valence-corrected chi connectivity index (χ0v) is 13.9. The predicted molar refractivity (Wildman–Crippen MR) is 88.2 cm³/mol. The van der Waals surface area contributed by atoms with Crippen LogP contribution in [0.3, 0.4) is 0 Å². The van der Waals surface area contributed by atoms with E-state index in [0.29, 0.717) is 18.4 Å². The smallest absolute Gasteiger partial charge is 0.230 e. The lowest BCUT2D eigenvalue weighted by atomic mass is 9.78. The van der Waals surface area contributed by atoms with Gasteiger partial charge in [0, 0.05) is 45.1 Å². The number of nitrogens with zero attached hydrogens (tertiary/aromatic N) is 3. The fourth-order valence-corrected chi connectivity index (χ4v) is 4.49. The maximum atomic E-state index is 14.1. The second-order valence-corrected chi connectivity index (χ2v) is 7.21. The number of halogens is 1. The van der Waals surface area contributed by atoms with Crippen LogP contribution in [0.5, 0.6) is 0 Å². The highest BCUT2D eigenvalue weighted by atomic mass is 19.1. The molecule has 1 aromatic heterocycles. The van der Waals surface area contributed by atoms with Crippen LogP contribution in [0, 0.1) is 11.2 Å². The zero-order chi connectivity index (χ0) is 16.6. The molecule has 5 nitrogen and oxygen atoms in total. The summed E-state index contributed by atoms with van der Waals surface area (Å²) in [7, 11) is 0. The van der Waals surface area contributed by atoms with E-state index in [2.05, 4.69) is 9.88 Å². The van der Waals surface area contributed by atoms with Crippen LogP contribution in [-0.2, 0) is 9.53 Å². The molecule has 0 aliphatic carbocycles. The minimum absolute atomic E-state index is 0.260. The first-order chi connectivity index (χ1) is 11.7. The number of pyridine rings is 1. The maximum absolute atomic E-state index is 14.1. The van der Waals surface area contributed by atoms with Gasteiger partial charge in [0.25, 0.3) is 0 Å². The van der Waals surface area contributed by atoms with Gasteiger partial charge in [0.15, 0.2) is 11.6 Å². The van der Waals surface area contributed by atoms with Gasteiger partial charge in [-0.1, -0.05) is 0 Å². The summed E-state index contributed by atoms with van der Waals surface area (Å²) < 4.78 is 19.5. The van der Waals surface area contributed by atoms with E-state index >= 15 is 0 Å². The molecule has 4 rings (SSSR count). The van der Waals surface area contributed by atoms with E-state index in [0.717, 1.165) is 58.4 Å². The number of amides is 1.